The minimum absolute atomic E-state index is 0.0132. The van der Waals surface area contributed by atoms with Crippen molar-refractivity contribution in [2.24, 2.45) is 0 Å². The topological polar surface area (TPSA) is 120 Å². The molecule has 1 aromatic carbocycles. The van der Waals surface area contributed by atoms with Gasteiger partial charge in [0.2, 0.25) is 0 Å². The zero-order valence-corrected chi connectivity index (χ0v) is 18.2. The Morgan fingerprint density at radius 3 is 2.45 bits per heavy atom. The second-order valence-electron chi connectivity index (χ2n) is 7.80. The van der Waals surface area contributed by atoms with E-state index in [9.17, 15) is 19.2 Å². The molecule has 1 saturated heterocycles. The second-order valence-corrected chi connectivity index (χ2v) is 7.80. The minimum atomic E-state index is -1.15. The highest BCUT2D eigenvalue weighted by Gasteiger charge is 2.40. The third-order valence-electron chi connectivity index (χ3n) is 5.49. The molecule has 10 nitrogen and oxygen atoms in total. The number of fused-ring (bicyclic) bond motifs is 1. The fraction of sp³-hybridized carbons (Fsp3) is 0.304. The molecule has 0 aliphatic carbocycles. The Balaban J connectivity index is 1.74. The van der Waals surface area contributed by atoms with Crippen LogP contribution in [-0.4, -0.2) is 50.0 Å². The molecule has 2 amide bonds. The number of benzene rings is 1. The van der Waals surface area contributed by atoms with E-state index in [1.807, 2.05) is 30.3 Å². The van der Waals surface area contributed by atoms with Crippen molar-refractivity contribution >= 4 is 29.4 Å². The standard InChI is InChI=1S/C23H22N4O6/c1-3-32-22(31)23(2,13-15-7-5-4-6-8-15)17-11-12-24-20-16(14-25-26(17)20)21(30)33-27-18(28)9-10-19(27)29/h4-8,11-12,14H,3,9-10,13H2,1-2H3. The zero-order valence-electron chi connectivity index (χ0n) is 18.2. The van der Waals surface area contributed by atoms with Crippen molar-refractivity contribution < 1.29 is 28.8 Å². The molecule has 1 unspecified atom stereocenters. The SMILES string of the molecule is CCOC(=O)C(C)(Cc1ccccc1)c1ccnc2c(C(=O)ON3C(=O)CCC3=O)cnn12. The summed E-state index contributed by atoms with van der Waals surface area (Å²) in [6.07, 6.45) is 2.98. The fourth-order valence-corrected chi connectivity index (χ4v) is 3.80. The number of nitrogens with zero attached hydrogens (tertiary/aromatic N) is 4. The molecule has 0 radical (unpaired) electrons. The molecule has 170 valence electrons. The zero-order chi connectivity index (χ0) is 23.6. The van der Waals surface area contributed by atoms with E-state index < -0.39 is 29.2 Å². The van der Waals surface area contributed by atoms with E-state index in [2.05, 4.69) is 10.1 Å². The van der Waals surface area contributed by atoms with Gasteiger partial charge in [0.1, 0.15) is 11.0 Å². The number of hydrogen-bond acceptors (Lipinski definition) is 8. The molecule has 0 bridgehead atoms. The van der Waals surface area contributed by atoms with Gasteiger partial charge in [-0.1, -0.05) is 30.3 Å². The molecule has 0 N–H and O–H groups in total. The van der Waals surface area contributed by atoms with Gasteiger partial charge in [0, 0.05) is 19.0 Å². The van der Waals surface area contributed by atoms with Gasteiger partial charge in [-0.05, 0) is 31.9 Å². The minimum Gasteiger partial charge on any atom is -0.465 e. The van der Waals surface area contributed by atoms with E-state index in [0.29, 0.717) is 17.2 Å². The van der Waals surface area contributed by atoms with Crippen molar-refractivity contribution in [1.29, 1.82) is 0 Å². The number of carbonyl (C=O) groups is 4. The lowest BCUT2D eigenvalue weighted by atomic mass is 9.80. The molecule has 33 heavy (non-hydrogen) atoms. The van der Waals surface area contributed by atoms with Gasteiger partial charge in [0.15, 0.2) is 5.65 Å². The quantitative estimate of drug-likeness (QED) is 0.396. The number of rotatable bonds is 7. The van der Waals surface area contributed by atoms with Crippen LogP contribution in [0.2, 0.25) is 0 Å². The molecular formula is C23H22N4O6. The van der Waals surface area contributed by atoms with Crippen molar-refractivity contribution in [2.75, 3.05) is 6.61 Å². The lowest BCUT2D eigenvalue weighted by Crippen LogP contribution is -2.38. The maximum atomic E-state index is 13.1. The summed E-state index contributed by atoms with van der Waals surface area (Å²) in [7, 11) is 0. The molecule has 0 spiro atoms. The summed E-state index contributed by atoms with van der Waals surface area (Å²) in [5.74, 6) is -2.57. The number of carbonyl (C=O) groups excluding carboxylic acids is 4. The van der Waals surface area contributed by atoms with Crippen LogP contribution in [0.1, 0.15) is 48.3 Å². The molecule has 1 aliphatic rings. The lowest BCUT2D eigenvalue weighted by Gasteiger charge is -2.28. The fourth-order valence-electron chi connectivity index (χ4n) is 3.80. The van der Waals surface area contributed by atoms with Gasteiger partial charge in [-0.15, -0.1) is 5.06 Å². The van der Waals surface area contributed by atoms with Crippen molar-refractivity contribution in [3.63, 3.8) is 0 Å². The van der Waals surface area contributed by atoms with E-state index in [1.54, 1.807) is 19.9 Å². The number of imide groups is 1. The molecule has 1 aliphatic heterocycles. The Morgan fingerprint density at radius 2 is 1.79 bits per heavy atom. The Kier molecular flexibility index (Phi) is 5.91. The Hall–Kier alpha value is -4.08. The third kappa shape index (κ3) is 4.07. The van der Waals surface area contributed by atoms with Gasteiger partial charge in [0.25, 0.3) is 11.8 Å². The van der Waals surface area contributed by atoms with Crippen molar-refractivity contribution in [3.8, 4) is 0 Å². The second kappa shape index (κ2) is 8.81. The van der Waals surface area contributed by atoms with Gasteiger partial charge < -0.3 is 9.57 Å². The molecule has 10 heteroatoms. The number of hydroxylamine groups is 2. The van der Waals surface area contributed by atoms with E-state index in [-0.39, 0.29) is 30.7 Å². The highest BCUT2D eigenvalue weighted by atomic mass is 16.7. The van der Waals surface area contributed by atoms with E-state index in [1.165, 1.54) is 16.9 Å². The Bertz CT molecular complexity index is 1220. The summed E-state index contributed by atoms with van der Waals surface area (Å²) in [6, 6.07) is 11.1. The molecule has 1 fully saturated rings. The summed E-state index contributed by atoms with van der Waals surface area (Å²) >= 11 is 0. The van der Waals surface area contributed by atoms with Crippen LogP contribution in [0.15, 0.2) is 48.8 Å². The van der Waals surface area contributed by atoms with E-state index in [0.717, 1.165) is 5.56 Å². The third-order valence-corrected chi connectivity index (χ3v) is 5.49. The van der Waals surface area contributed by atoms with Crippen LogP contribution in [0.3, 0.4) is 0 Å². The molecular weight excluding hydrogens is 428 g/mol. The summed E-state index contributed by atoms with van der Waals surface area (Å²) in [5, 5.41) is 4.73. The van der Waals surface area contributed by atoms with Gasteiger partial charge in [-0.25, -0.2) is 14.3 Å². The van der Waals surface area contributed by atoms with Crippen molar-refractivity contribution in [1.82, 2.24) is 19.7 Å². The average molecular weight is 450 g/mol. The summed E-state index contributed by atoms with van der Waals surface area (Å²) in [5.41, 5.74) is 0.306. The number of amides is 2. The highest BCUT2D eigenvalue weighted by Crippen LogP contribution is 2.31. The molecule has 2 aromatic heterocycles. The first-order valence-electron chi connectivity index (χ1n) is 10.5. The Morgan fingerprint density at radius 1 is 1.09 bits per heavy atom. The first-order valence-corrected chi connectivity index (χ1v) is 10.5. The number of ether oxygens (including phenoxy) is 1. The van der Waals surface area contributed by atoms with E-state index in [4.69, 9.17) is 9.57 Å². The van der Waals surface area contributed by atoms with Gasteiger partial charge >= 0.3 is 11.9 Å². The van der Waals surface area contributed by atoms with Crippen LogP contribution in [0, 0.1) is 0 Å². The van der Waals surface area contributed by atoms with Gasteiger partial charge in [0.05, 0.1) is 18.5 Å². The van der Waals surface area contributed by atoms with Crippen LogP contribution in [0.25, 0.3) is 5.65 Å². The van der Waals surface area contributed by atoms with Crippen LogP contribution >= 0.6 is 0 Å². The van der Waals surface area contributed by atoms with Gasteiger partial charge in [-0.3, -0.25) is 14.4 Å². The number of esters is 1. The summed E-state index contributed by atoms with van der Waals surface area (Å²) in [4.78, 5) is 58.6. The Labute approximate surface area is 189 Å². The highest BCUT2D eigenvalue weighted by molar-refractivity contribution is 6.03. The number of hydrogen-bond donors (Lipinski definition) is 0. The van der Waals surface area contributed by atoms with Crippen LogP contribution in [0.4, 0.5) is 0 Å². The smallest absolute Gasteiger partial charge is 0.369 e. The molecule has 3 aromatic rings. The first-order chi connectivity index (χ1) is 15.8. The predicted octanol–water partition coefficient (Wildman–Crippen LogP) is 2.01. The first kappa shape index (κ1) is 22.1. The maximum absolute atomic E-state index is 13.1. The number of aromatic nitrogens is 3. The monoisotopic (exact) mass is 450 g/mol. The maximum Gasteiger partial charge on any atom is 0.369 e. The predicted molar refractivity (Wildman–Crippen MR) is 114 cm³/mol. The molecule has 4 rings (SSSR count). The van der Waals surface area contributed by atoms with Crippen LogP contribution < -0.4 is 0 Å². The molecule has 0 saturated carbocycles. The van der Waals surface area contributed by atoms with Crippen LogP contribution in [0.5, 0.6) is 0 Å². The van der Waals surface area contributed by atoms with E-state index >= 15 is 0 Å². The lowest BCUT2D eigenvalue weighted by molar-refractivity contribution is -0.172. The average Bonchev–Trinajstić information content (AvgIpc) is 3.38. The largest absolute Gasteiger partial charge is 0.465 e. The van der Waals surface area contributed by atoms with Crippen molar-refractivity contribution in [3.05, 3.63) is 65.6 Å². The summed E-state index contributed by atoms with van der Waals surface area (Å²) in [6.45, 7) is 3.67. The normalized spacial score (nSPS) is 15.5. The molecule has 3 heterocycles. The van der Waals surface area contributed by atoms with Gasteiger partial charge in [-0.2, -0.15) is 5.10 Å². The van der Waals surface area contributed by atoms with Crippen molar-refractivity contribution in [2.45, 2.75) is 38.5 Å². The van der Waals surface area contributed by atoms with Crippen LogP contribution in [-0.2, 0) is 35.8 Å². The molecule has 1 atom stereocenters. The summed E-state index contributed by atoms with van der Waals surface area (Å²) < 4.78 is 6.75.